The summed E-state index contributed by atoms with van der Waals surface area (Å²) < 4.78 is 10.7. The van der Waals surface area contributed by atoms with E-state index in [2.05, 4.69) is 0 Å². The second-order valence-corrected chi connectivity index (χ2v) is 5.24. The highest BCUT2D eigenvalue weighted by molar-refractivity contribution is 5.82. The molecule has 0 fully saturated rings. The van der Waals surface area contributed by atoms with Crippen LogP contribution in [-0.2, 0) is 14.3 Å². The number of carbonyl (C=O) groups is 1. The lowest BCUT2D eigenvalue weighted by atomic mass is 9.61. The average Bonchev–Trinajstić information content (AvgIpc) is 2.27. The van der Waals surface area contributed by atoms with Gasteiger partial charge in [-0.3, -0.25) is 4.79 Å². The molecule has 1 aliphatic rings. The summed E-state index contributed by atoms with van der Waals surface area (Å²) in [5, 5.41) is 0. The number of carbonyl (C=O) groups excluding carboxylic acids is 1. The van der Waals surface area contributed by atoms with Crippen molar-refractivity contribution < 1.29 is 14.3 Å². The number of allylic oxidation sites excluding steroid dienone is 2. The lowest BCUT2D eigenvalue weighted by Gasteiger charge is -2.44. The van der Waals surface area contributed by atoms with Gasteiger partial charge in [0.15, 0.2) is 0 Å². The van der Waals surface area contributed by atoms with Gasteiger partial charge in [-0.25, -0.2) is 0 Å². The van der Waals surface area contributed by atoms with E-state index in [1.165, 1.54) is 0 Å². The van der Waals surface area contributed by atoms with E-state index in [0.29, 0.717) is 6.61 Å². The van der Waals surface area contributed by atoms with Crippen LogP contribution in [0.1, 0.15) is 27.7 Å². The summed E-state index contributed by atoms with van der Waals surface area (Å²) in [4.78, 5) is 12.3. The molecule has 0 heterocycles. The molecule has 2 unspecified atom stereocenters. The van der Waals surface area contributed by atoms with Gasteiger partial charge in [-0.15, -0.1) is 0 Å². The summed E-state index contributed by atoms with van der Waals surface area (Å²) in [7, 11) is 1.62. The van der Waals surface area contributed by atoms with Crippen molar-refractivity contribution in [2.75, 3.05) is 13.7 Å². The van der Waals surface area contributed by atoms with Crippen LogP contribution in [-0.4, -0.2) is 25.8 Å². The van der Waals surface area contributed by atoms with E-state index in [1.54, 1.807) is 7.11 Å². The predicted octanol–water partition coefficient (Wildman–Crippen LogP) is 2.72. The number of ether oxygens (including phenoxy) is 2. The SMILES string of the molecule is CCOC(=O)C1(C(C)(C)C)C=CC=CC1OC. The Bertz CT molecular complexity index is 336. The minimum atomic E-state index is -0.757. The highest BCUT2D eigenvalue weighted by atomic mass is 16.5. The second-order valence-electron chi connectivity index (χ2n) is 5.24. The molecular weight excluding hydrogens is 216 g/mol. The first kappa shape index (κ1) is 14.0. The molecule has 2 atom stereocenters. The fourth-order valence-corrected chi connectivity index (χ4v) is 2.30. The number of hydrogen-bond donors (Lipinski definition) is 0. The zero-order valence-corrected chi connectivity index (χ0v) is 11.3. The number of esters is 1. The zero-order valence-electron chi connectivity index (χ0n) is 11.3. The van der Waals surface area contributed by atoms with E-state index >= 15 is 0 Å². The molecule has 0 radical (unpaired) electrons. The third-order valence-corrected chi connectivity index (χ3v) is 3.31. The molecule has 0 N–H and O–H groups in total. The Kier molecular flexibility index (Phi) is 4.15. The Balaban J connectivity index is 3.23. The summed E-state index contributed by atoms with van der Waals surface area (Å²) in [5.41, 5.74) is -1.03. The molecule has 3 heteroatoms. The van der Waals surface area contributed by atoms with Gasteiger partial charge >= 0.3 is 5.97 Å². The van der Waals surface area contributed by atoms with Crippen LogP contribution in [0.5, 0.6) is 0 Å². The molecule has 0 aromatic heterocycles. The van der Waals surface area contributed by atoms with E-state index in [4.69, 9.17) is 9.47 Å². The molecule has 0 spiro atoms. The molecule has 0 saturated heterocycles. The zero-order chi connectivity index (χ0) is 13.1. The second kappa shape index (κ2) is 5.05. The van der Waals surface area contributed by atoms with E-state index in [0.717, 1.165) is 0 Å². The highest BCUT2D eigenvalue weighted by Crippen LogP contribution is 2.47. The van der Waals surface area contributed by atoms with Gasteiger partial charge in [0.2, 0.25) is 0 Å². The largest absolute Gasteiger partial charge is 0.465 e. The van der Waals surface area contributed by atoms with E-state index < -0.39 is 5.41 Å². The predicted molar refractivity (Wildman–Crippen MR) is 67.6 cm³/mol. The Labute approximate surface area is 103 Å². The van der Waals surface area contributed by atoms with Gasteiger partial charge in [-0.05, 0) is 12.3 Å². The summed E-state index contributed by atoms with van der Waals surface area (Å²) in [6.45, 7) is 8.28. The van der Waals surface area contributed by atoms with E-state index in [-0.39, 0.29) is 17.5 Å². The van der Waals surface area contributed by atoms with Crippen LogP contribution in [0.2, 0.25) is 0 Å². The lowest BCUT2D eigenvalue weighted by Crippen LogP contribution is -2.52. The van der Waals surface area contributed by atoms with Gasteiger partial charge < -0.3 is 9.47 Å². The number of hydrogen-bond acceptors (Lipinski definition) is 3. The summed E-state index contributed by atoms with van der Waals surface area (Å²) >= 11 is 0. The Morgan fingerprint density at radius 1 is 1.35 bits per heavy atom. The molecule has 0 bridgehead atoms. The van der Waals surface area contributed by atoms with Crippen LogP contribution in [0.3, 0.4) is 0 Å². The molecule has 0 aromatic carbocycles. The molecule has 1 rings (SSSR count). The maximum absolute atomic E-state index is 12.3. The molecule has 0 aromatic rings. The molecule has 17 heavy (non-hydrogen) atoms. The number of methoxy groups -OCH3 is 1. The molecule has 0 saturated carbocycles. The third kappa shape index (κ3) is 2.29. The van der Waals surface area contributed by atoms with Crippen molar-refractivity contribution in [1.29, 1.82) is 0 Å². The fraction of sp³-hybridized carbons (Fsp3) is 0.643. The van der Waals surface area contributed by atoms with Crippen molar-refractivity contribution >= 4 is 5.97 Å². The van der Waals surface area contributed by atoms with Gasteiger partial charge in [-0.2, -0.15) is 0 Å². The molecular formula is C14H22O3. The van der Waals surface area contributed by atoms with Crippen LogP contribution in [0, 0.1) is 10.8 Å². The first-order valence-electron chi connectivity index (χ1n) is 5.96. The molecule has 0 aliphatic heterocycles. The van der Waals surface area contributed by atoms with Crippen LogP contribution in [0.4, 0.5) is 0 Å². The first-order valence-corrected chi connectivity index (χ1v) is 5.96. The first-order chi connectivity index (χ1) is 7.90. The standard InChI is InChI=1S/C14H22O3/c1-6-17-12(15)14(13(2,3)4)10-8-7-9-11(14)16-5/h7-11H,6H2,1-5H3. The van der Waals surface area contributed by atoms with Crippen LogP contribution >= 0.6 is 0 Å². The monoisotopic (exact) mass is 238 g/mol. The molecule has 0 amide bonds. The smallest absolute Gasteiger partial charge is 0.319 e. The molecule has 3 nitrogen and oxygen atoms in total. The van der Waals surface area contributed by atoms with Crippen molar-refractivity contribution in [3.05, 3.63) is 24.3 Å². The van der Waals surface area contributed by atoms with Crippen molar-refractivity contribution in [3.8, 4) is 0 Å². The lowest BCUT2D eigenvalue weighted by molar-refractivity contribution is -0.166. The van der Waals surface area contributed by atoms with Crippen molar-refractivity contribution in [2.24, 2.45) is 10.8 Å². The maximum Gasteiger partial charge on any atom is 0.319 e. The van der Waals surface area contributed by atoms with Gasteiger partial charge in [0.25, 0.3) is 0 Å². The topological polar surface area (TPSA) is 35.5 Å². The molecule has 1 aliphatic carbocycles. The Morgan fingerprint density at radius 2 is 2.00 bits per heavy atom. The van der Waals surface area contributed by atoms with E-state index in [9.17, 15) is 4.79 Å². The van der Waals surface area contributed by atoms with Gasteiger partial charge in [0.1, 0.15) is 5.41 Å². The van der Waals surface area contributed by atoms with Crippen LogP contribution in [0.25, 0.3) is 0 Å². The van der Waals surface area contributed by atoms with Crippen LogP contribution < -0.4 is 0 Å². The quantitative estimate of drug-likeness (QED) is 0.709. The van der Waals surface area contributed by atoms with Crippen LogP contribution in [0.15, 0.2) is 24.3 Å². The third-order valence-electron chi connectivity index (χ3n) is 3.31. The fourth-order valence-electron chi connectivity index (χ4n) is 2.30. The summed E-state index contributed by atoms with van der Waals surface area (Å²) in [6.07, 6.45) is 7.31. The van der Waals surface area contributed by atoms with Gasteiger partial charge in [-0.1, -0.05) is 45.1 Å². The average molecular weight is 238 g/mol. The van der Waals surface area contributed by atoms with Crippen molar-refractivity contribution in [2.45, 2.75) is 33.8 Å². The van der Waals surface area contributed by atoms with Crippen molar-refractivity contribution in [3.63, 3.8) is 0 Å². The number of rotatable bonds is 3. The van der Waals surface area contributed by atoms with Crippen molar-refractivity contribution in [1.82, 2.24) is 0 Å². The Morgan fingerprint density at radius 3 is 2.47 bits per heavy atom. The van der Waals surface area contributed by atoms with Gasteiger partial charge in [0, 0.05) is 7.11 Å². The minimum Gasteiger partial charge on any atom is -0.465 e. The summed E-state index contributed by atoms with van der Waals surface area (Å²) in [5.74, 6) is -0.222. The Hall–Kier alpha value is -1.09. The maximum atomic E-state index is 12.3. The summed E-state index contributed by atoms with van der Waals surface area (Å²) in [6, 6.07) is 0. The normalized spacial score (nSPS) is 28.2. The minimum absolute atomic E-state index is 0.222. The highest BCUT2D eigenvalue weighted by Gasteiger charge is 2.53. The van der Waals surface area contributed by atoms with Gasteiger partial charge in [0.05, 0.1) is 12.7 Å². The molecule has 96 valence electrons. The van der Waals surface area contributed by atoms with E-state index in [1.807, 2.05) is 52.0 Å².